The molecule has 1 N–H and O–H groups in total. The third-order valence-electron chi connectivity index (χ3n) is 6.60. The molecule has 0 bridgehead atoms. The van der Waals surface area contributed by atoms with Crippen LogP contribution in [0.15, 0.2) is 78.9 Å². The summed E-state index contributed by atoms with van der Waals surface area (Å²) in [5, 5.41) is 5.24. The fourth-order valence-electron chi connectivity index (χ4n) is 4.71. The maximum Gasteiger partial charge on any atom is 0.251 e. The lowest BCUT2D eigenvalue weighted by molar-refractivity contribution is 0.0948. The summed E-state index contributed by atoms with van der Waals surface area (Å²) in [6, 6.07) is 25.5. The molecule has 1 aromatic heterocycles. The van der Waals surface area contributed by atoms with Gasteiger partial charge in [0.1, 0.15) is 11.6 Å². The fraction of sp³-hybridized carbons (Fsp3) is 0.226. The van der Waals surface area contributed by atoms with Gasteiger partial charge in [0.15, 0.2) is 11.5 Å². The van der Waals surface area contributed by atoms with Crippen molar-refractivity contribution in [3.05, 3.63) is 90.3 Å². The maximum atomic E-state index is 13.1. The molecule has 8 nitrogen and oxygen atoms in total. The van der Waals surface area contributed by atoms with Gasteiger partial charge in [-0.2, -0.15) is 0 Å². The van der Waals surface area contributed by atoms with Gasteiger partial charge < -0.3 is 28.8 Å². The van der Waals surface area contributed by atoms with Crippen molar-refractivity contribution in [2.75, 3.05) is 27.9 Å². The predicted molar refractivity (Wildman–Crippen MR) is 151 cm³/mol. The first-order valence-electron chi connectivity index (χ1n) is 12.8. The predicted octanol–water partition coefficient (Wildman–Crippen LogP) is 5.61. The molecule has 0 aliphatic rings. The van der Waals surface area contributed by atoms with Crippen LogP contribution in [0, 0.1) is 0 Å². The van der Waals surface area contributed by atoms with Crippen LogP contribution in [-0.4, -0.2) is 43.4 Å². The van der Waals surface area contributed by atoms with Crippen molar-refractivity contribution in [2.24, 2.45) is 0 Å². The van der Waals surface area contributed by atoms with Crippen LogP contribution in [0.5, 0.6) is 23.0 Å². The lowest BCUT2D eigenvalue weighted by Gasteiger charge is -2.14. The third kappa shape index (κ3) is 5.45. The average molecular weight is 526 g/mol. The Kier molecular flexibility index (Phi) is 7.82. The number of carbonyl (C=O) groups excluding carboxylic acids is 1. The van der Waals surface area contributed by atoms with Crippen LogP contribution in [0.4, 0.5) is 0 Å². The zero-order chi connectivity index (χ0) is 27.2. The van der Waals surface area contributed by atoms with E-state index in [0.29, 0.717) is 36.0 Å². The van der Waals surface area contributed by atoms with Gasteiger partial charge in [-0.05, 0) is 42.1 Å². The molecule has 5 rings (SSSR count). The van der Waals surface area contributed by atoms with Gasteiger partial charge in [-0.15, -0.1) is 0 Å². The minimum Gasteiger partial charge on any atom is -0.493 e. The number of benzene rings is 4. The molecule has 0 spiro atoms. The third-order valence-corrected chi connectivity index (χ3v) is 6.60. The summed E-state index contributed by atoms with van der Waals surface area (Å²) >= 11 is 0. The molecule has 200 valence electrons. The number of hydrogen-bond acceptors (Lipinski definition) is 6. The number of amides is 1. The number of para-hydroxylation sites is 2. The summed E-state index contributed by atoms with van der Waals surface area (Å²) in [4.78, 5) is 17.9. The first kappa shape index (κ1) is 25.9. The molecule has 4 aromatic carbocycles. The summed E-state index contributed by atoms with van der Waals surface area (Å²) in [5.41, 5.74) is 2.29. The van der Waals surface area contributed by atoms with E-state index in [1.807, 2.05) is 48.5 Å². The molecule has 0 saturated heterocycles. The standard InChI is InChI=1S/C31H31N3O5/c1-36-27-18-22(19-28(37-2)30(27)38-3)31(35)32-20-29-33-24-13-6-7-14-25(24)34(29)16-9-17-39-26-15-8-11-21-10-4-5-12-23(21)26/h4-8,10-15,18-19H,9,16-17,20H2,1-3H3,(H,32,35). The van der Waals surface area contributed by atoms with E-state index in [4.69, 9.17) is 23.9 Å². The van der Waals surface area contributed by atoms with Crippen LogP contribution in [0.25, 0.3) is 21.8 Å². The lowest BCUT2D eigenvalue weighted by atomic mass is 10.1. The van der Waals surface area contributed by atoms with Crippen molar-refractivity contribution in [3.63, 3.8) is 0 Å². The molecule has 5 aromatic rings. The number of ether oxygens (including phenoxy) is 4. The minimum atomic E-state index is -0.271. The molecule has 0 unspecified atom stereocenters. The van der Waals surface area contributed by atoms with Crippen LogP contribution in [-0.2, 0) is 13.1 Å². The number of carbonyl (C=O) groups is 1. The Hall–Kier alpha value is -4.72. The maximum absolute atomic E-state index is 13.1. The summed E-state index contributed by atoms with van der Waals surface area (Å²) < 4.78 is 24.4. The Labute approximate surface area is 227 Å². The van der Waals surface area contributed by atoms with Gasteiger partial charge >= 0.3 is 0 Å². The van der Waals surface area contributed by atoms with E-state index >= 15 is 0 Å². The van der Waals surface area contributed by atoms with E-state index in [1.165, 1.54) is 21.3 Å². The number of aryl methyl sites for hydroxylation is 1. The zero-order valence-corrected chi connectivity index (χ0v) is 22.3. The first-order valence-corrected chi connectivity index (χ1v) is 12.8. The highest BCUT2D eigenvalue weighted by molar-refractivity contribution is 5.95. The highest BCUT2D eigenvalue weighted by Gasteiger charge is 2.18. The van der Waals surface area contributed by atoms with Gasteiger partial charge in [0.05, 0.1) is 45.5 Å². The second kappa shape index (κ2) is 11.8. The Balaban J connectivity index is 1.29. The van der Waals surface area contributed by atoms with E-state index < -0.39 is 0 Å². The van der Waals surface area contributed by atoms with E-state index in [-0.39, 0.29) is 12.5 Å². The molecular formula is C31H31N3O5. The molecule has 1 heterocycles. The first-order chi connectivity index (χ1) is 19.1. The highest BCUT2D eigenvalue weighted by Crippen LogP contribution is 2.38. The van der Waals surface area contributed by atoms with Crippen molar-refractivity contribution < 1.29 is 23.7 Å². The molecule has 0 aliphatic heterocycles. The number of imidazole rings is 1. The van der Waals surface area contributed by atoms with Crippen molar-refractivity contribution in [1.82, 2.24) is 14.9 Å². The minimum absolute atomic E-state index is 0.258. The molecule has 0 atom stereocenters. The molecule has 8 heteroatoms. The van der Waals surface area contributed by atoms with Crippen molar-refractivity contribution in [2.45, 2.75) is 19.5 Å². The van der Waals surface area contributed by atoms with Gasteiger partial charge in [0, 0.05) is 17.5 Å². The topological polar surface area (TPSA) is 83.8 Å². The number of rotatable bonds is 11. The van der Waals surface area contributed by atoms with Crippen LogP contribution in [0.3, 0.4) is 0 Å². The number of fused-ring (bicyclic) bond motifs is 2. The lowest BCUT2D eigenvalue weighted by Crippen LogP contribution is -2.25. The molecule has 0 fully saturated rings. The zero-order valence-electron chi connectivity index (χ0n) is 22.3. The summed E-state index contributed by atoms with van der Waals surface area (Å²) in [5.74, 6) is 2.64. The van der Waals surface area contributed by atoms with E-state index in [2.05, 4.69) is 28.1 Å². The van der Waals surface area contributed by atoms with Gasteiger partial charge in [0.25, 0.3) is 5.91 Å². The normalized spacial score (nSPS) is 10.9. The van der Waals surface area contributed by atoms with Gasteiger partial charge in [0.2, 0.25) is 5.75 Å². The van der Waals surface area contributed by atoms with Crippen LogP contribution < -0.4 is 24.3 Å². The second-order valence-corrected chi connectivity index (χ2v) is 8.94. The number of nitrogens with zero attached hydrogens (tertiary/aromatic N) is 2. The number of hydrogen-bond donors (Lipinski definition) is 1. The SMILES string of the molecule is COc1cc(C(=O)NCc2nc3ccccc3n2CCCOc2cccc3ccccc23)cc(OC)c1OC. The summed E-state index contributed by atoms with van der Waals surface area (Å²) in [6.45, 7) is 1.51. The Morgan fingerprint density at radius 3 is 2.33 bits per heavy atom. The van der Waals surface area contributed by atoms with E-state index in [9.17, 15) is 4.79 Å². The second-order valence-electron chi connectivity index (χ2n) is 8.94. The van der Waals surface area contributed by atoms with Gasteiger partial charge in [-0.1, -0.05) is 48.5 Å². The van der Waals surface area contributed by atoms with Crippen molar-refractivity contribution in [1.29, 1.82) is 0 Å². The number of methoxy groups -OCH3 is 3. The monoisotopic (exact) mass is 525 g/mol. The number of aromatic nitrogens is 2. The summed E-state index contributed by atoms with van der Waals surface area (Å²) in [7, 11) is 4.56. The highest BCUT2D eigenvalue weighted by atomic mass is 16.5. The Morgan fingerprint density at radius 1 is 0.846 bits per heavy atom. The van der Waals surface area contributed by atoms with E-state index in [1.54, 1.807) is 12.1 Å². The molecule has 0 aliphatic carbocycles. The molecule has 0 radical (unpaired) electrons. The van der Waals surface area contributed by atoms with E-state index in [0.717, 1.165) is 39.8 Å². The molecular weight excluding hydrogens is 494 g/mol. The Bertz CT molecular complexity index is 1580. The Morgan fingerprint density at radius 2 is 1.56 bits per heavy atom. The molecule has 0 saturated carbocycles. The van der Waals surface area contributed by atoms with Crippen molar-refractivity contribution >= 4 is 27.7 Å². The summed E-state index contributed by atoms with van der Waals surface area (Å²) in [6.07, 6.45) is 0.775. The molecule has 1 amide bonds. The van der Waals surface area contributed by atoms with Crippen LogP contribution in [0.1, 0.15) is 22.6 Å². The fourth-order valence-corrected chi connectivity index (χ4v) is 4.71. The number of nitrogens with one attached hydrogen (secondary N) is 1. The molecule has 39 heavy (non-hydrogen) atoms. The smallest absolute Gasteiger partial charge is 0.251 e. The van der Waals surface area contributed by atoms with Gasteiger partial charge in [-0.25, -0.2) is 4.98 Å². The average Bonchev–Trinajstić information content (AvgIpc) is 3.34. The largest absolute Gasteiger partial charge is 0.493 e. The van der Waals surface area contributed by atoms with Gasteiger partial charge in [-0.3, -0.25) is 4.79 Å². The van der Waals surface area contributed by atoms with Crippen LogP contribution >= 0.6 is 0 Å². The quantitative estimate of drug-likeness (QED) is 0.226. The van der Waals surface area contributed by atoms with Crippen molar-refractivity contribution in [3.8, 4) is 23.0 Å². The van der Waals surface area contributed by atoms with Crippen LogP contribution in [0.2, 0.25) is 0 Å².